The minimum Gasteiger partial charge on any atom is -0.409 e. The first-order chi connectivity index (χ1) is 9.49. The molecule has 0 saturated heterocycles. The molecule has 0 unspecified atom stereocenters. The molecule has 0 spiro atoms. The van der Waals surface area contributed by atoms with E-state index < -0.39 is 5.82 Å². The Balaban J connectivity index is 3.01. The zero-order valence-electron chi connectivity index (χ0n) is 12.1. The van der Waals surface area contributed by atoms with Gasteiger partial charge in [0, 0.05) is 25.8 Å². The van der Waals surface area contributed by atoms with Crippen molar-refractivity contribution in [1.29, 1.82) is 0 Å². The first-order valence-electron chi connectivity index (χ1n) is 6.51. The Morgan fingerprint density at radius 3 is 2.70 bits per heavy atom. The quantitative estimate of drug-likeness (QED) is 0.348. The van der Waals surface area contributed by atoms with E-state index in [9.17, 15) is 4.39 Å². The number of amidine groups is 1. The smallest absolute Gasteiger partial charge is 0.170 e. The highest BCUT2D eigenvalue weighted by molar-refractivity contribution is 5.97. The first-order valence-corrected chi connectivity index (χ1v) is 6.51. The number of rotatable bonds is 7. The summed E-state index contributed by atoms with van der Waals surface area (Å²) in [6.45, 7) is 6.00. The minimum atomic E-state index is -0.397. The van der Waals surface area contributed by atoms with Crippen molar-refractivity contribution in [2.24, 2.45) is 16.8 Å². The average Bonchev–Trinajstić information content (AvgIpc) is 2.42. The van der Waals surface area contributed by atoms with Gasteiger partial charge in [-0.1, -0.05) is 19.0 Å². The second kappa shape index (κ2) is 7.69. The minimum absolute atomic E-state index is 0.109. The lowest BCUT2D eigenvalue weighted by Crippen LogP contribution is -2.31. The van der Waals surface area contributed by atoms with Crippen LogP contribution < -0.4 is 10.6 Å². The van der Waals surface area contributed by atoms with E-state index in [-0.39, 0.29) is 5.84 Å². The summed E-state index contributed by atoms with van der Waals surface area (Å²) in [7, 11) is 1.62. The number of nitrogens with zero attached hydrogens (tertiary/aromatic N) is 2. The summed E-state index contributed by atoms with van der Waals surface area (Å²) in [5.74, 6) is -0.108. The fraction of sp³-hybridized carbons (Fsp3) is 0.500. The molecule has 20 heavy (non-hydrogen) atoms. The fourth-order valence-electron chi connectivity index (χ4n) is 1.93. The van der Waals surface area contributed by atoms with Crippen molar-refractivity contribution in [3.05, 3.63) is 29.6 Å². The molecule has 0 aliphatic heterocycles. The molecule has 6 heteroatoms. The highest BCUT2D eigenvalue weighted by Gasteiger charge is 2.14. The number of ether oxygens (including phenoxy) is 1. The second-order valence-corrected chi connectivity index (χ2v) is 4.98. The van der Waals surface area contributed by atoms with E-state index in [1.165, 1.54) is 6.07 Å². The second-order valence-electron chi connectivity index (χ2n) is 4.98. The maximum atomic E-state index is 14.2. The molecule has 3 N–H and O–H groups in total. The van der Waals surface area contributed by atoms with E-state index in [0.29, 0.717) is 30.3 Å². The molecule has 0 fully saturated rings. The van der Waals surface area contributed by atoms with Crippen LogP contribution in [0.5, 0.6) is 0 Å². The third-order valence-corrected chi connectivity index (χ3v) is 2.84. The van der Waals surface area contributed by atoms with Gasteiger partial charge < -0.3 is 20.6 Å². The van der Waals surface area contributed by atoms with E-state index in [1.807, 2.05) is 4.90 Å². The Bertz CT molecular complexity index is 464. The SMILES string of the molecule is COCCN(CC(C)C)c1ccc(C(N)=NO)cc1F. The summed E-state index contributed by atoms with van der Waals surface area (Å²) in [6, 6.07) is 4.54. The molecule has 0 aromatic heterocycles. The number of anilines is 1. The van der Waals surface area contributed by atoms with Crippen LogP contribution in [0.2, 0.25) is 0 Å². The average molecular weight is 283 g/mol. The van der Waals surface area contributed by atoms with Crippen LogP contribution in [0.1, 0.15) is 19.4 Å². The highest BCUT2D eigenvalue weighted by Crippen LogP contribution is 2.21. The zero-order valence-corrected chi connectivity index (χ0v) is 12.1. The largest absolute Gasteiger partial charge is 0.409 e. The van der Waals surface area contributed by atoms with Crippen LogP contribution in [0.25, 0.3) is 0 Å². The van der Waals surface area contributed by atoms with Gasteiger partial charge in [-0.05, 0) is 24.1 Å². The summed E-state index contributed by atoms with van der Waals surface area (Å²) in [5, 5.41) is 11.5. The van der Waals surface area contributed by atoms with Crippen LogP contribution >= 0.6 is 0 Å². The van der Waals surface area contributed by atoms with Crippen molar-refractivity contribution < 1.29 is 14.3 Å². The van der Waals surface area contributed by atoms with Crippen molar-refractivity contribution >= 4 is 11.5 Å². The number of benzene rings is 1. The Hall–Kier alpha value is -1.82. The molecule has 0 atom stereocenters. The van der Waals surface area contributed by atoms with E-state index in [4.69, 9.17) is 15.7 Å². The van der Waals surface area contributed by atoms with Crippen molar-refractivity contribution in [1.82, 2.24) is 0 Å². The van der Waals surface area contributed by atoms with Crippen LogP contribution in [0.4, 0.5) is 10.1 Å². The molecule has 0 aliphatic carbocycles. The molecule has 0 saturated carbocycles. The summed E-state index contributed by atoms with van der Waals surface area (Å²) in [4.78, 5) is 1.93. The molecule has 0 aliphatic rings. The number of methoxy groups -OCH3 is 1. The van der Waals surface area contributed by atoms with Gasteiger partial charge in [-0.3, -0.25) is 0 Å². The number of nitrogens with two attached hydrogens (primary N) is 1. The summed E-state index contributed by atoms with van der Waals surface area (Å²) >= 11 is 0. The first kappa shape index (κ1) is 16.2. The zero-order chi connectivity index (χ0) is 15.1. The Morgan fingerprint density at radius 1 is 1.50 bits per heavy atom. The number of hydrogen-bond acceptors (Lipinski definition) is 4. The van der Waals surface area contributed by atoms with Gasteiger partial charge in [0.05, 0.1) is 12.3 Å². The summed E-state index contributed by atoms with van der Waals surface area (Å²) in [5.41, 5.74) is 6.29. The molecule has 0 radical (unpaired) electrons. The van der Waals surface area contributed by atoms with Crippen molar-refractivity contribution in [2.45, 2.75) is 13.8 Å². The fourth-order valence-corrected chi connectivity index (χ4v) is 1.93. The topological polar surface area (TPSA) is 71.1 Å². The lowest BCUT2D eigenvalue weighted by molar-refractivity contribution is 0.204. The summed E-state index contributed by atoms with van der Waals surface area (Å²) in [6.07, 6.45) is 0. The molecule has 1 rings (SSSR count). The van der Waals surface area contributed by atoms with E-state index >= 15 is 0 Å². The van der Waals surface area contributed by atoms with Gasteiger partial charge in [-0.25, -0.2) is 4.39 Å². The van der Waals surface area contributed by atoms with E-state index in [1.54, 1.807) is 19.2 Å². The third kappa shape index (κ3) is 4.38. The van der Waals surface area contributed by atoms with Crippen LogP contribution in [0.15, 0.2) is 23.4 Å². The third-order valence-electron chi connectivity index (χ3n) is 2.84. The molecule has 0 amide bonds. The standard InChI is InChI=1S/C14H22FN3O2/c1-10(2)9-18(6-7-20-3)13-5-4-11(8-12(13)15)14(16)17-19/h4-5,8,10,19H,6-7,9H2,1-3H3,(H2,16,17). The van der Waals surface area contributed by atoms with Gasteiger partial charge in [0.25, 0.3) is 0 Å². The predicted octanol–water partition coefficient (Wildman–Crippen LogP) is 2.03. The molecule has 1 aromatic rings. The van der Waals surface area contributed by atoms with Gasteiger partial charge in [0.1, 0.15) is 5.82 Å². The molecular weight excluding hydrogens is 261 g/mol. The number of halogens is 1. The van der Waals surface area contributed by atoms with Crippen molar-refractivity contribution in [3.63, 3.8) is 0 Å². The normalized spacial score (nSPS) is 11.9. The molecule has 5 nitrogen and oxygen atoms in total. The molecule has 1 aromatic carbocycles. The predicted molar refractivity (Wildman–Crippen MR) is 77.8 cm³/mol. The van der Waals surface area contributed by atoms with Gasteiger partial charge in [0.15, 0.2) is 5.84 Å². The molecule has 0 bridgehead atoms. The van der Waals surface area contributed by atoms with Gasteiger partial charge in [0.2, 0.25) is 0 Å². The van der Waals surface area contributed by atoms with Crippen LogP contribution in [0, 0.1) is 11.7 Å². The molecule has 0 heterocycles. The van der Waals surface area contributed by atoms with E-state index in [0.717, 1.165) is 6.54 Å². The Morgan fingerprint density at radius 2 is 2.20 bits per heavy atom. The highest BCUT2D eigenvalue weighted by atomic mass is 19.1. The molecule has 112 valence electrons. The Kier molecular flexibility index (Phi) is 6.24. The molecular formula is C14H22FN3O2. The monoisotopic (exact) mass is 283 g/mol. The van der Waals surface area contributed by atoms with Gasteiger partial charge in [-0.2, -0.15) is 0 Å². The summed E-state index contributed by atoms with van der Waals surface area (Å²) < 4.78 is 19.3. The van der Waals surface area contributed by atoms with Crippen molar-refractivity contribution in [2.75, 3.05) is 31.7 Å². The van der Waals surface area contributed by atoms with Gasteiger partial charge >= 0.3 is 0 Å². The lowest BCUT2D eigenvalue weighted by Gasteiger charge is -2.27. The number of hydrogen-bond donors (Lipinski definition) is 2. The van der Waals surface area contributed by atoms with E-state index in [2.05, 4.69) is 19.0 Å². The maximum absolute atomic E-state index is 14.2. The lowest BCUT2D eigenvalue weighted by atomic mass is 10.1. The Labute approximate surface area is 118 Å². The van der Waals surface area contributed by atoms with Gasteiger partial charge in [-0.15, -0.1) is 0 Å². The number of oxime groups is 1. The van der Waals surface area contributed by atoms with Crippen LogP contribution in [-0.4, -0.2) is 37.8 Å². The maximum Gasteiger partial charge on any atom is 0.170 e. The van der Waals surface area contributed by atoms with Crippen LogP contribution in [-0.2, 0) is 4.74 Å². The van der Waals surface area contributed by atoms with Crippen molar-refractivity contribution in [3.8, 4) is 0 Å². The van der Waals surface area contributed by atoms with Crippen LogP contribution in [0.3, 0.4) is 0 Å².